The zero-order valence-electron chi connectivity index (χ0n) is 20.5. The number of aromatic hydroxyl groups is 5. The maximum Gasteiger partial charge on any atom is 0.347 e. The monoisotopic (exact) mass is 582 g/mol. The zero-order chi connectivity index (χ0) is 29.5. The molecule has 1 heterocycles. The van der Waals surface area contributed by atoms with Gasteiger partial charge in [-0.15, -0.1) is 0 Å². The number of methoxy groups -OCH3 is 1. The minimum absolute atomic E-state index is 0.0131. The maximum atomic E-state index is 12.7. The molecule has 0 saturated heterocycles. The lowest BCUT2D eigenvalue weighted by molar-refractivity contribution is 0.0595. The van der Waals surface area contributed by atoms with Crippen molar-refractivity contribution in [2.24, 2.45) is 0 Å². The van der Waals surface area contributed by atoms with Crippen LogP contribution in [0.25, 0.3) is 0 Å². The van der Waals surface area contributed by atoms with Crippen LogP contribution in [-0.2, 0) is 4.74 Å². The number of benzene rings is 3. The molecule has 1 aliphatic heterocycles. The van der Waals surface area contributed by atoms with Crippen LogP contribution in [0.2, 0.25) is 10.0 Å². The summed E-state index contributed by atoms with van der Waals surface area (Å²) >= 11 is 12.2. The van der Waals surface area contributed by atoms with Crippen molar-refractivity contribution in [1.29, 1.82) is 0 Å². The van der Waals surface area contributed by atoms with Crippen molar-refractivity contribution in [3.8, 4) is 46.0 Å². The number of ether oxygens (including phenoxy) is 3. The predicted molar refractivity (Wildman–Crippen MR) is 135 cm³/mol. The Morgan fingerprint density at radius 1 is 0.769 bits per heavy atom. The Balaban J connectivity index is 0.000000293. The molecule has 14 heteroatoms. The van der Waals surface area contributed by atoms with Crippen molar-refractivity contribution in [3.63, 3.8) is 0 Å². The largest absolute Gasteiger partial charge is 0.507 e. The first-order valence-electron chi connectivity index (χ1n) is 10.7. The van der Waals surface area contributed by atoms with E-state index in [1.54, 1.807) is 0 Å². The van der Waals surface area contributed by atoms with E-state index < -0.39 is 46.7 Å². The third-order valence-electron chi connectivity index (χ3n) is 5.71. The molecule has 0 aliphatic carbocycles. The molecular weight excluding hydrogens is 563 g/mol. The molecule has 0 fully saturated rings. The number of hydrogen-bond donors (Lipinski definition) is 6. The van der Waals surface area contributed by atoms with Gasteiger partial charge in [0.15, 0.2) is 40.2 Å². The molecule has 12 nitrogen and oxygen atoms in total. The molecule has 0 bridgehead atoms. The van der Waals surface area contributed by atoms with Gasteiger partial charge in [-0.25, -0.2) is 14.4 Å². The minimum atomic E-state index is -1.29. The first-order valence-corrected chi connectivity index (χ1v) is 11.4. The van der Waals surface area contributed by atoms with Crippen molar-refractivity contribution >= 4 is 41.1 Å². The maximum absolute atomic E-state index is 12.7. The number of halogens is 2. The van der Waals surface area contributed by atoms with Gasteiger partial charge < -0.3 is 44.8 Å². The number of hydrogen-bond acceptors (Lipinski definition) is 11. The second-order valence-electron chi connectivity index (χ2n) is 8.09. The second-order valence-corrected chi connectivity index (χ2v) is 8.84. The number of carbonyl (C=O) groups excluding carboxylic acids is 2. The standard InChI is InChI=1S/C18H14Cl2O7.C7H6O5/c1-5-9-16(11(20)13(22)10(5)19)26-14-6(2)8(17(23)25-4)12(21)7(3)15(14)27-18(9)24;8-4-1-3(7(11)12)2-5(9)6(4)10/h21-22H,1-4H3;1-2,8-10H,(H,11,12). The number of rotatable bonds is 2. The normalized spacial score (nSPS) is 11.6. The zero-order valence-corrected chi connectivity index (χ0v) is 22.1. The Morgan fingerprint density at radius 3 is 1.82 bits per heavy atom. The highest BCUT2D eigenvalue weighted by Crippen LogP contribution is 2.52. The smallest absolute Gasteiger partial charge is 0.347 e. The lowest BCUT2D eigenvalue weighted by Crippen LogP contribution is -2.11. The van der Waals surface area contributed by atoms with E-state index in [0.717, 1.165) is 12.1 Å². The Kier molecular flexibility index (Phi) is 7.94. The summed E-state index contributed by atoms with van der Waals surface area (Å²) < 4.78 is 15.9. The molecule has 3 aromatic carbocycles. The summed E-state index contributed by atoms with van der Waals surface area (Å²) in [5.41, 5.74) is -0.0249. The molecule has 0 atom stereocenters. The minimum Gasteiger partial charge on any atom is -0.507 e. The molecule has 4 rings (SSSR count). The topological polar surface area (TPSA) is 200 Å². The molecule has 6 N–H and O–H groups in total. The lowest BCUT2D eigenvalue weighted by Gasteiger charge is -2.17. The first kappa shape index (κ1) is 29.0. The molecule has 0 saturated carbocycles. The molecular formula is C25H20Cl2O12. The van der Waals surface area contributed by atoms with Gasteiger partial charge in [-0.3, -0.25) is 0 Å². The van der Waals surface area contributed by atoms with Crippen LogP contribution < -0.4 is 9.47 Å². The fourth-order valence-electron chi connectivity index (χ4n) is 3.61. The Hall–Kier alpha value is -4.55. The quantitative estimate of drug-likeness (QED) is 0.135. The van der Waals surface area contributed by atoms with Crippen molar-refractivity contribution in [2.75, 3.05) is 7.11 Å². The lowest BCUT2D eigenvalue weighted by atomic mass is 10.0. The third kappa shape index (κ3) is 4.99. The highest BCUT2D eigenvalue weighted by molar-refractivity contribution is 6.39. The SMILES string of the molecule is COC(=O)c1c(C)c2c(c(C)c1O)OC(=O)c1c(C)c(Cl)c(O)c(Cl)c1O2.O=C(O)c1cc(O)c(O)c(O)c1. The Bertz CT molecular complexity index is 1540. The van der Waals surface area contributed by atoms with Crippen LogP contribution in [0.15, 0.2) is 12.1 Å². The second kappa shape index (κ2) is 10.7. The van der Waals surface area contributed by atoms with Crippen LogP contribution in [0.4, 0.5) is 0 Å². The number of aromatic carboxylic acids is 1. The van der Waals surface area contributed by atoms with Gasteiger partial charge in [0.1, 0.15) is 21.9 Å². The molecule has 0 amide bonds. The van der Waals surface area contributed by atoms with Crippen molar-refractivity contribution in [2.45, 2.75) is 20.8 Å². The number of phenols is 5. The summed E-state index contributed by atoms with van der Waals surface area (Å²) in [5, 5.41) is 55.1. The van der Waals surface area contributed by atoms with E-state index in [4.69, 9.17) is 57.8 Å². The Labute approximate surface area is 229 Å². The van der Waals surface area contributed by atoms with E-state index in [1.165, 1.54) is 27.9 Å². The third-order valence-corrected chi connectivity index (χ3v) is 6.52. The van der Waals surface area contributed by atoms with Gasteiger partial charge in [-0.05, 0) is 38.5 Å². The number of fused-ring (bicyclic) bond motifs is 2. The molecule has 1 aliphatic rings. The van der Waals surface area contributed by atoms with Crippen LogP contribution in [0.5, 0.6) is 46.0 Å². The molecule has 0 aromatic heterocycles. The molecule has 3 aromatic rings. The van der Waals surface area contributed by atoms with Crippen molar-refractivity contribution in [1.82, 2.24) is 0 Å². The van der Waals surface area contributed by atoms with Gasteiger partial charge in [0.05, 0.1) is 17.7 Å². The number of carbonyl (C=O) groups is 3. The van der Waals surface area contributed by atoms with Gasteiger partial charge in [-0.2, -0.15) is 0 Å². The Morgan fingerprint density at radius 2 is 1.31 bits per heavy atom. The van der Waals surface area contributed by atoms with Crippen LogP contribution >= 0.6 is 23.2 Å². The summed E-state index contributed by atoms with van der Waals surface area (Å²) in [6.45, 7) is 4.43. The van der Waals surface area contributed by atoms with Crippen molar-refractivity contribution < 1.29 is 59.2 Å². The summed E-state index contributed by atoms with van der Waals surface area (Å²) in [6.07, 6.45) is 0. The van der Waals surface area contributed by atoms with E-state index >= 15 is 0 Å². The van der Waals surface area contributed by atoms with Crippen LogP contribution in [0, 0.1) is 20.8 Å². The molecule has 39 heavy (non-hydrogen) atoms. The fraction of sp³-hybridized carbons (Fsp3) is 0.160. The van der Waals surface area contributed by atoms with Gasteiger partial charge in [-0.1, -0.05) is 23.2 Å². The van der Waals surface area contributed by atoms with E-state index in [0.29, 0.717) is 0 Å². The highest BCUT2D eigenvalue weighted by Gasteiger charge is 2.35. The van der Waals surface area contributed by atoms with E-state index in [1.807, 2.05) is 0 Å². The molecule has 0 spiro atoms. The fourth-order valence-corrected chi connectivity index (χ4v) is 4.08. The summed E-state index contributed by atoms with van der Waals surface area (Å²) in [4.78, 5) is 35.1. The van der Waals surface area contributed by atoms with Crippen LogP contribution in [0.1, 0.15) is 47.8 Å². The molecule has 0 unspecified atom stereocenters. The van der Waals surface area contributed by atoms with Crippen LogP contribution in [0.3, 0.4) is 0 Å². The average Bonchev–Trinajstić information content (AvgIpc) is 3.04. The van der Waals surface area contributed by atoms with Gasteiger partial charge in [0.2, 0.25) is 0 Å². The molecule has 206 valence electrons. The first-order chi connectivity index (χ1) is 18.1. The van der Waals surface area contributed by atoms with Gasteiger partial charge in [0.25, 0.3) is 0 Å². The summed E-state index contributed by atoms with van der Waals surface area (Å²) in [7, 11) is 1.17. The highest BCUT2D eigenvalue weighted by atomic mass is 35.5. The number of carboxylic acids is 1. The predicted octanol–water partition coefficient (Wildman–Crippen LogP) is 4.94. The van der Waals surface area contributed by atoms with E-state index in [-0.39, 0.29) is 60.7 Å². The number of phenolic OH excluding ortho intramolecular Hbond substituents is 5. The number of carboxylic acid groups (broad SMARTS) is 1. The van der Waals surface area contributed by atoms with Crippen molar-refractivity contribution in [3.05, 3.63) is 55.6 Å². The average molecular weight is 583 g/mol. The van der Waals surface area contributed by atoms with E-state index in [2.05, 4.69) is 0 Å². The van der Waals surface area contributed by atoms with Gasteiger partial charge in [0, 0.05) is 11.1 Å². The summed E-state index contributed by atoms with van der Waals surface area (Å²) in [5.74, 6) is -6.07. The summed E-state index contributed by atoms with van der Waals surface area (Å²) in [6, 6.07) is 1.69. The van der Waals surface area contributed by atoms with E-state index in [9.17, 15) is 24.6 Å². The van der Waals surface area contributed by atoms with Crippen LogP contribution in [-0.4, -0.2) is 55.7 Å². The van der Waals surface area contributed by atoms with Gasteiger partial charge >= 0.3 is 17.9 Å². The molecule has 0 radical (unpaired) electrons. The number of esters is 2.